The topological polar surface area (TPSA) is 94.8 Å². The second kappa shape index (κ2) is 7.69. The van der Waals surface area contributed by atoms with Crippen LogP contribution in [0.2, 0.25) is 0 Å². The van der Waals surface area contributed by atoms with E-state index < -0.39 is 17.9 Å². The summed E-state index contributed by atoms with van der Waals surface area (Å²) in [5, 5.41) is 25.9. The second-order valence-electron chi connectivity index (χ2n) is 4.29. The van der Waals surface area contributed by atoms with Gasteiger partial charge in [-0.15, -0.1) is 0 Å². The first-order chi connectivity index (χ1) is 9.93. The summed E-state index contributed by atoms with van der Waals surface area (Å²) in [7, 11) is 0. The van der Waals surface area contributed by atoms with Gasteiger partial charge in [0.2, 0.25) is 0 Å². The highest BCUT2D eigenvalue weighted by Crippen LogP contribution is 2.14. The Balaban J connectivity index is 0.000000211. The van der Waals surface area contributed by atoms with Gasteiger partial charge in [-0.3, -0.25) is 4.79 Å². The van der Waals surface area contributed by atoms with Gasteiger partial charge >= 0.3 is 11.9 Å². The number of para-hydroxylation sites is 1. The molecule has 5 heteroatoms. The summed E-state index contributed by atoms with van der Waals surface area (Å²) in [5.41, 5.74) is 0.780. The molecular weight excluding hydrogens is 272 g/mol. The number of aliphatic carboxylic acids is 1. The van der Waals surface area contributed by atoms with Crippen molar-refractivity contribution in [1.29, 1.82) is 0 Å². The molecule has 0 saturated carbocycles. The maximum absolute atomic E-state index is 10.5. The monoisotopic (exact) mass is 288 g/mol. The highest BCUT2D eigenvalue weighted by Gasteiger charge is 2.11. The summed E-state index contributed by atoms with van der Waals surface area (Å²) >= 11 is 0. The molecule has 0 heterocycles. The van der Waals surface area contributed by atoms with Gasteiger partial charge in [0.1, 0.15) is 11.3 Å². The molecular formula is C16H16O5. The fraction of sp³-hybridized carbons (Fsp3) is 0.125. The van der Waals surface area contributed by atoms with Crippen molar-refractivity contribution in [2.45, 2.75) is 12.8 Å². The molecule has 0 aromatic heterocycles. The highest BCUT2D eigenvalue weighted by molar-refractivity contribution is 5.90. The number of carbonyl (C=O) groups is 2. The quantitative estimate of drug-likeness (QED) is 0.807. The number of carboxylic acids is 2. The van der Waals surface area contributed by atoms with E-state index in [1.807, 2.05) is 30.3 Å². The van der Waals surface area contributed by atoms with Gasteiger partial charge in [-0.05, 0) is 24.6 Å². The summed E-state index contributed by atoms with van der Waals surface area (Å²) in [5.74, 6) is -2.50. The molecule has 0 spiro atoms. The zero-order valence-electron chi connectivity index (χ0n) is 11.4. The molecule has 0 fully saturated rings. The van der Waals surface area contributed by atoms with E-state index in [2.05, 4.69) is 0 Å². The average Bonchev–Trinajstić information content (AvgIpc) is 2.48. The van der Waals surface area contributed by atoms with Crippen molar-refractivity contribution in [2.24, 2.45) is 0 Å². The van der Waals surface area contributed by atoms with Gasteiger partial charge in [0.15, 0.2) is 0 Å². The van der Waals surface area contributed by atoms with Gasteiger partial charge in [0.05, 0.1) is 5.92 Å². The molecule has 0 aliphatic carbocycles. The molecule has 2 aromatic carbocycles. The number of carboxylic acid groups (broad SMARTS) is 2. The maximum atomic E-state index is 10.5. The third-order valence-corrected chi connectivity index (χ3v) is 2.80. The van der Waals surface area contributed by atoms with Gasteiger partial charge in [-0.1, -0.05) is 42.5 Å². The number of aromatic carboxylic acids is 1. The first kappa shape index (κ1) is 16.2. The van der Waals surface area contributed by atoms with E-state index in [9.17, 15) is 9.59 Å². The molecule has 21 heavy (non-hydrogen) atoms. The summed E-state index contributed by atoms with van der Waals surface area (Å²) < 4.78 is 0. The fourth-order valence-corrected chi connectivity index (χ4v) is 1.54. The van der Waals surface area contributed by atoms with Crippen LogP contribution in [0, 0.1) is 0 Å². The summed E-state index contributed by atoms with van der Waals surface area (Å²) in [6, 6.07) is 15.0. The minimum absolute atomic E-state index is 0.0671. The zero-order valence-corrected chi connectivity index (χ0v) is 11.4. The number of phenols is 1. The predicted octanol–water partition coefficient (Wildman–Crippen LogP) is 2.97. The molecule has 110 valence electrons. The standard InChI is InChI=1S/C9H10O2.C7H6O3/c1-7(9(10)11)8-5-3-2-4-6-8;8-6-4-2-1-3-5(6)7(9)10/h2-7H,1H3,(H,10,11);1-4,8H,(H,9,10). The van der Waals surface area contributed by atoms with Gasteiger partial charge < -0.3 is 15.3 Å². The summed E-state index contributed by atoms with van der Waals surface area (Å²) in [4.78, 5) is 20.8. The molecule has 0 radical (unpaired) electrons. The van der Waals surface area contributed by atoms with E-state index in [0.29, 0.717) is 0 Å². The van der Waals surface area contributed by atoms with Crippen molar-refractivity contribution < 1.29 is 24.9 Å². The Morgan fingerprint density at radius 3 is 1.86 bits per heavy atom. The minimum atomic E-state index is -1.11. The molecule has 0 aliphatic rings. The largest absolute Gasteiger partial charge is 0.507 e. The molecule has 0 saturated heterocycles. The number of rotatable bonds is 3. The summed E-state index contributed by atoms with van der Waals surface area (Å²) in [6.07, 6.45) is 0. The number of benzene rings is 2. The van der Waals surface area contributed by atoms with E-state index in [1.54, 1.807) is 19.1 Å². The normalized spacial score (nSPS) is 10.9. The van der Waals surface area contributed by atoms with Crippen molar-refractivity contribution in [3.63, 3.8) is 0 Å². The average molecular weight is 288 g/mol. The minimum Gasteiger partial charge on any atom is -0.507 e. The highest BCUT2D eigenvalue weighted by atomic mass is 16.4. The van der Waals surface area contributed by atoms with Gasteiger partial charge in [0, 0.05) is 0 Å². The van der Waals surface area contributed by atoms with Crippen molar-refractivity contribution >= 4 is 11.9 Å². The number of aromatic hydroxyl groups is 1. The lowest BCUT2D eigenvalue weighted by atomic mass is 10.0. The van der Waals surface area contributed by atoms with Gasteiger partial charge in [0.25, 0.3) is 0 Å². The van der Waals surface area contributed by atoms with Crippen LogP contribution >= 0.6 is 0 Å². The summed E-state index contributed by atoms with van der Waals surface area (Å²) in [6.45, 7) is 1.68. The maximum Gasteiger partial charge on any atom is 0.339 e. The van der Waals surface area contributed by atoms with Crippen molar-refractivity contribution in [3.8, 4) is 5.75 Å². The molecule has 0 amide bonds. The first-order valence-corrected chi connectivity index (χ1v) is 6.22. The SMILES string of the molecule is CC(C(=O)O)c1ccccc1.O=C(O)c1ccccc1O. The van der Waals surface area contributed by atoms with Crippen LogP contribution in [0.5, 0.6) is 5.75 Å². The van der Waals surface area contributed by atoms with Gasteiger partial charge in [-0.25, -0.2) is 4.79 Å². The Bertz CT molecular complexity index is 607. The van der Waals surface area contributed by atoms with E-state index in [1.165, 1.54) is 12.1 Å². The molecule has 0 bridgehead atoms. The Kier molecular flexibility index (Phi) is 5.95. The van der Waals surface area contributed by atoms with E-state index in [-0.39, 0.29) is 11.3 Å². The molecule has 1 atom stereocenters. The molecule has 0 aliphatic heterocycles. The third kappa shape index (κ3) is 4.99. The second-order valence-corrected chi connectivity index (χ2v) is 4.29. The predicted molar refractivity (Wildman–Crippen MR) is 77.6 cm³/mol. The van der Waals surface area contributed by atoms with E-state index >= 15 is 0 Å². The van der Waals surface area contributed by atoms with Crippen LogP contribution in [0.4, 0.5) is 0 Å². The van der Waals surface area contributed by atoms with Crippen LogP contribution in [0.15, 0.2) is 54.6 Å². The van der Waals surface area contributed by atoms with Crippen LogP contribution in [-0.4, -0.2) is 27.3 Å². The Morgan fingerprint density at radius 1 is 0.905 bits per heavy atom. The first-order valence-electron chi connectivity index (χ1n) is 6.22. The number of hydrogen-bond acceptors (Lipinski definition) is 3. The van der Waals surface area contributed by atoms with Crippen molar-refractivity contribution in [3.05, 3.63) is 65.7 Å². The lowest BCUT2D eigenvalue weighted by Crippen LogP contribution is -2.06. The Labute approximate surface area is 122 Å². The smallest absolute Gasteiger partial charge is 0.339 e. The molecule has 2 rings (SSSR count). The zero-order chi connectivity index (χ0) is 15.8. The lowest BCUT2D eigenvalue weighted by molar-refractivity contribution is -0.138. The van der Waals surface area contributed by atoms with Crippen LogP contribution in [0.1, 0.15) is 28.8 Å². The van der Waals surface area contributed by atoms with Crippen molar-refractivity contribution in [2.75, 3.05) is 0 Å². The Hall–Kier alpha value is -2.82. The van der Waals surface area contributed by atoms with E-state index in [4.69, 9.17) is 15.3 Å². The molecule has 3 N–H and O–H groups in total. The molecule has 2 aromatic rings. The van der Waals surface area contributed by atoms with Crippen LogP contribution in [0.3, 0.4) is 0 Å². The number of hydrogen-bond donors (Lipinski definition) is 3. The molecule has 5 nitrogen and oxygen atoms in total. The van der Waals surface area contributed by atoms with Crippen LogP contribution < -0.4 is 0 Å². The van der Waals surface area contributed by atoms with Crippen LogP contribution in [0.25, 0.3) is 0 Å². The Morgan fingerprint density at radius 2 is 1.43 bits per heavy atom. The van der Waals surface area contributed by atoms with Crippen molar-refractivity contribution in [1.82, 2.24) is 0 Å². The lowest BCUT2D eigenvalue weighted by Gasteiger charge is -2.04. The van der Waals surface area contributed by atoms with E-state index in [0.717, 1.165) is 5.56 Å². The van der Waals surface area contributed by atoms with Gasteiger partial charge in [-0.2, -0.15) is 0 Å². The third-order valence-electron chi connectivity index (χ3n) is 2.80. The molecule has 1 unspecified atom stereocenters. The van der Waals surface area contributed by atoms with Crippen LogP contribution in [-0.2, 0) is 4.79 Å². The fourth-order valence-electron chi connectivity index (χ4n) is 1.54.